The molecule has 2 heterocycles. The average molecular weight is 369 g/mol. The van der Waals surface area contributed by atoms with Crippen LogP contribution in [0.15, 0.2) is 47.5 Å². The SMILES string of the molecule is CC(C)CN1C(=O)C(Nc2ccc(C(C)C)cc2)=C(c2cccs2)C1=O. The summed E-state index contributed by atoms with van der Waals surface area (Å²) in [7, 11) is 0. The van der Waals surface area contributed by atoms with Crippen LogP contribution in [0.2, 0.25) is 0 Å². The second kappa shape index (κ2) is 7.46. The minimum Gasteiger partial charge on any atom is -0.350 e. The standard InChI is InChI=1S/C21H24N2O2S/c1-13(2)12-23-20(24)18(17-6-5-11-26-17)19(21(23)25)22-16-9-7-15(8-10-16)14(3)4/h5-11,13-14,22H,12H2,1-4H3. The fourth-order valence-corrected chi connectivity index (χ4v) is 3.74. The fourth-order valence-electron chi connectivity index (χ4n) is 2.97. The predicted molar refractivity (Wildman–Crippen MR) is 107 cm³/mol. The third kappa shape index (κ3) is 3.58. The van der Waals surface area contributed by atoms with E-state index in [0.29, 0.717) is 23.7 Å². The Kier molecular flexibility index (Phi) is 5.28. The van der Waals surface area contributed by atoms with E-state index >= 15 is 0 Å². The predicted octanol–water partition coefficient (Wildman–Crippen LogP) is 4.72. The van der Waals surface area contributed by atoms with Gasteiger partial charge in [-0.2, -0.15) is 0 Å². The zero-order valence-corrected chi connectivity index (χ0v) is 16.4. The zero-order valence-electron chi connectivity index (χ0n) is 15.6. The van der Waals surface area contributed by atoms with Crippen LogP contribution in [0.1, 0.15) is 44.1 Å². The molecule has 1 N–H and O–H groups in total. The third-order valence-electron chi connectivity index (χ3n) is 4.33. The first-order valence-electron chi connectivity index (χ1n) is 8.89. The summed E-state index contributed by atoms with van der Waals surface area (Å²) in [6, 6.07) is 11.8. The molecule has 0 saturated carbocycles. The highest BCUT2D eigenvalue weighted by Gasteiger charge is 2.39. The van der Waals surface area contributed by atoms with Crippen LogP contribution in [-0.2, 0) is 9.59 Å². The lowest BCUT2D eigenvalue weighted by molar-refractivity contribution is -0.137. The molecule has 26 heavy (non-hydrogen) atoms. The number of amides is 2. The summed E-state index contributed by atoms with van der Waals surface area (Å²) in [4.78, 5) is 28.0. The molecule has 0 saturated heterocycles. The number of benzene rings is 1. The van der Waals surface area contributed by atoms with Crippen molar-refractivity contribution in [2.24, 2.45) is 5.92 Å². The number of nitrogens with one attached hydrogen (secondary N) is 1. The molecule has 4 nitrogen and oxygen atoms in total. The van der Waals surface area contributed by atoms with E-state index in [9.17, 15) is 9.59 Å². The van der Waals surface area contributed by atoms with Gasteiger partial charge in [-0.3, -0.25) is 14.5 Å². The van der Waals surface area contributed by atoms with Gasteiger partial charge < -0.3 is 5.32 Å². The van der Waals surface area contributed by atoms with Gasteiger partial charge in [0.1, 0.15) is 5.70 Å². The summed E-state index contributed by atoms with van der Waals surface area (Å²) in [5.41, 5.74) is 2.89. The highest BCUT2D eigenvalue weighted by Crippen LogP contribution is 2.33. The molecule has 2 amide bonds. The van der Waals surface area contributed by atoms with E-state index in [4.69, 9.17) is 0 Å². The number of thiophene rings is 1. The van der Waals surface area contributed by atoms with Crippen LogP contribution >= 0.6 is 11.3 Å². The van der Waals surface area contributed by atoms with Crippen molar-refractivity contribution in [1.82, 2.24) is 4.90 Å². The number of nitrogens with zero attached hydrogens (tertiary/aromatic N) is 1. The number of hydrogen-bond acceptors (Lipinski definition) is 4. The van der Waals surface area contributed by atoms with Gasteiger partial charge in [-0.25, -0.2) is 0 Å². The maximum absolute atomic E-state index is 12.9. The van der Waals surface area contributed by atoms with Gasteiger partial charge in [0.15, 0.2) is 0 Å². The maximum atomic E-state index is 12.9. The van der Waals surface area contributed by atoms with E-state index in [-0.39, 0.29) is 17.7 Å². The van der Waals surface area contributed by atoms with E-state index in [1.807, 2.05) is 55.6 Å². The molecule has 0 unspecified atom stereocenters. The largest absolute Gasteiger partial charge is 0.350 e. The van der Waals surface area contributed by atoms with Crippen molar-refractivity contribution in [3.05, 3.63) is 57.9 Å². The molecule has 0 aliphatic carbocycles. The summed E-state index contributed by atoms with van der Waals surface area (Å²) < 4.78 is 0. The molecule has 0 spiro atoms. The van der Waals surface area contributed by atoms with Crippen molar-refractivity contribution in [3.63, 3.8) is 0 Å². The molecular formula is C21H24N2O2S. The van der Waals surface area contributed by atoms with E-state index in [1.54, 1.807) is 0 Å². The first kappa shape index (κ1) is 18.4. The smallest absolute Gasteiger partial charge is 0.278 e. The number of carbonyl (C=O) groups is 2. The lowest BCUT2D eigenvalue weighted by Gasteiger charge is -2.17. The van der Waals surface area contributed by atoms with Crippen molar-refractivity contribution in [1.29, 1.82) is 0 Å². The van der Waals surface area contributed by atoms with E-state index < -0.39 is 0 Å². The van der Waals surface area contributed by atoms with Crippen molar-refractivity contribution in [2.45, 2.75) is 33.6 Å². The van der Waals surface area contributed by atoms with Crippen LogP contribution in [-0.4, -0.2) is 23.3 Å². The van der Waals surface area contributed by atoms with Crippen LogP contribution in [0, 0.1) is 5.92 Å². The van der Waals surface area contributed by atoms with Gasteiger partial charge in [0.2, 0.25) is 0 Å². The number of hydrogen-bond donors (Lipinski definition) is 1. The second-order valence-corrected chi connectivity index (χ2v) is 8.19. The summed E-state index contributed by atoms with van der Waals surface area (Å²) >= 11 is 1.47. The molecule has 136 valence electrons. The van der Waals surface area contributed by atoms with Gasteiger partial charge >= 0.3 is 0 Å². The van der Waals surface area contributed by atoms with Crippen LogP contribution in [0.25, 0.3) is 5.57 Å². The molecule has 5 heteroatoms. The molecule has 0 radical (unpaired) electrons. The number of imide groups is 1. The Labute approximate surface area is 158 Å². The summed E-state index contributed by atoms with van der Waals surface area (Å²) in [6.07, 6.45) is 0. The quantitative estimate of drug-likeness (QED) is 0.751. The minimum absolute atomic E-state index is 0.215. The maximum Gasteiger partial charge on any atom is 0.278 e. The van der Waals surface area contributed by atoms with Gasteiger partial charge in [-0.05, 0) is 41.0 Å². The molecule has 0 fully saturated rings. The van der Waals surface area contributed by atoms with Crippen molar-refractivity contribution < 1.29 is 9.59 Å². The van der Waals surface area contributed by atoms with Crippen LogP contribution in [0.3, 0.4) is 0 Å². The molecular weight excluding hydrogens is 344 g/mol. The highest BCUT2D eigenvalue weighted by molar-refractivity contribution is 7.11. The Morgan fingerprint density at radius 1 is 1.00 bits per heavy atom. The van der Waals surface area contributed by atoms with Gasteiger partial charge in [0.05, 0.1) is 5.57 Å². The molecule has 1 aromatic heterocycles. The average Bonchev–Trinajstić information content (AvgIpc) is 3.19. The Morgan fingerprint density at radius 2 is 1.69 bits per heavy atom. The number of rotatable bonds is 6. The zero-order chi connectivity index (χ0) is 18.8. The minimum atomic E-state index is -0.250. The van der Waals surface area contributed by atoms with Crippen molar-refractivity contribution in [2.75, 3.05) is 11.9 Å². The highest BCUT2D eigenvalue weighted by atomic mass is 32.1. The monoisotopic (exact) mass is 368 g/mol. The topological polar surface area (TPSA) is 49.4 Å². The van der Waals surface area contributed by atoms with Gasteiger partial charge in [0.25, 0.3) is 11.8 Å². The molecule has 0 atom stereocenters. The molecule has 1 aliphatic heterocycles. The molecule has 3 rings (SSSR count). The van der Waals surface area contributed by atoms with Crippen molar-refractivity contribution in [3.8, 4) is 0 Å². The molecule has 2 aromatic rings. The molecule has 1 aliphatic rings. The van der Waals surface area contributed by atoms with Gasteiger partial charge in [-0.1, -0.05) is 45.9 Å². The Morgan fingerprint density at radius 3 is 2.23 bits per heavy atom. The Bertz CT molecular complexity index is 833. The Hall–Kier alpha value is -2.40. The van der Waals surface area contributed by atoms with Gasteiger partial charge in [0, 0.05) is 17.1 Å². The summed E-state index contributed by atoms with van der Waals surface area (Å²) in [6.45, 7) is 8.71. The lowest BCUT2D eigenvalue weighted by Crippen LogP contribution is -2.35. The summed E-state index contributed by atoms with van der Waals surface area (Å²) in [5.74, 6) is 0.200. The molecule has 1 aromatic carbocycles. The number of anilines is 1. The van der Waals surface area contributed by atoms with E-state index in [0.717, 1.165) is 10.6 Å². The normalized spacial score (nSPS) is 14.9. The van der Waals surface area contributed by atoms with Crippen molar-refractivity contribution >= 4 is 34.4 Å². The number of carbonyl (C=O) groups excluding carboxylic acids is 2. The second-order valence-electron chi connectivity index (χ2n) is 7.24. The first-order chi connectivity index (χ1) is 12.4. The third-order valence-corrected chi connectivity index (χ3v) is 5.22. The van der Waals surface area contributed by atoms with Gasteiger partial charge in [-0.15, -0.1) is 11.3 Å². The summed E-state index contributed by atoms with van der Waals surface area (Å²) in [5, 5.41) is 5.12. The first-order valence-corrected chi connectivity index (χ1v) is 9.77. The fraction of sp³-hybridized carbons (Fsp3) is 0.333. The lowest BCUT2D eigenvalue weighted by atomic mass is 10.0. The van der Waals surface area contributed by atoms with E-state index in [1.165, 1.54) is 21.8 Å². The van der Waals surface area contributed by atoms with Crippen LogP contribution < -0.4 is 5.32 Å². The van der Waals surface area contributed by atoms with E-state index in [2.05, 4.69) is 19.2 Å². The van der Waals surface area contributed by atoms with Crippen LogP contribution in [0.4, 0.5) is 5.69 Å². The van der Waals surface area contributed by atoms with Crippen LogP contribution in [0.5, 0.6) is 0 Å². The molecule has 0 bridgehead atoms. The Balaban J connectivity index is 1.96.